The Morgan fingerprint density at radius 2 is 1.94 bits per heavy atom. The van der Waals surface area contributed by atoms with Gasteiger partial charge < -0.3 is 5.32 Å². The number of halogens is 2. The lowest BCUT2D eigenvalue weighted by Gasteiger charge is -2.15. The summed E-state index contributed by atoms with van der Waals surface area (Å²) in [5, 5.41) is 4.00. The summed E-state index contributed by atoms with van der Waals surface area (Å²) in [6, 6.07) is 4.95. The number of benzene rings is 1. The van der Waals surface area contributed by atoms with Crippen LogP contribution in [0.4, 0.5) is 5.69 Å². The molecule has 0 spiro atoms. The predicted molar refractivity (Wildman–Crippen MR) is 73.9 cm³/mol. The molecule has 1 aromatic carbocycles. The Morgan fingerprint density at radius 3 is 2.47 bits per heavy atom. The van der Waals surface area contributed by atoms with Crippen LogP contribution in [0.5, 0.6) is 0 Å². The van der Waals surface area contributed by atoms with E-state index < -0.39 is 9.84 Å². The van der Waals surface area contributed by atoms with E-state index in [-0.39, 0.29) is 17.5 Å². The summed E-state index contributed by atoms with van der Waals surface area (Å²) in [5.41, 5.74) is 0.762. The van der Waals surface area contributed by atoms with Gasteiger partial charge in [0.25, 0.3) is 0 Å². The van der Waals surface area contributed by atoms with Gasteiger partial charge in [-0.2, -0.15) is 0 Å². The number of hydrogen-bond acceptors (Lipinski definition) is 3. The zero-order valence-corrected chi connectivity index (χ0v) is 12.0. The van der Waals surface area contributed by atoms with Gasteiger partial charge >= 0.3 is 0 Å². The zero-order valence-electron chi connectivity index (χ0n) is 9.70. The summed E-state index contributed by atoms with van der Waals surface area (Å²) < 4.78 is 22.9. The second kappa shape index (κ2) is 5.94. The molecule has 1 unspecified atom stereocenters. The van der Waals surface area contributed by atoms with Crippen molar-refractivity contribution in [1.29, 1.82) is 0 Å². The molecule has 0 bridgehead atoms. The van der Waals surface area contributed by atoms with Gasteiger partial charge in [-0.1, -0.05) is 30.1 Å². The van der Waals surface area contributed by atoms with Crippen molar-refractivity contribution in [2.75, 3.05) is 16.8 Å². The van der Waals surface area contributed by atoms with Crippen LogP contribution in [0.2, 0.25) is 10.0 Å². The van der Waals surface area contributed by atoms with E-state index in [2.05, 4.69) is 5.32 Å². The summed E-state index contributed by atoms with van der Waals surface area (Å²) >= 11 is 11.7. The van der Waals surface area contributed by atoms with Gasteiger partial charge in [0, 0.05) is 17.5 Å². The van der Waals surface area contributed by atoms with Gasteiger partial charge in [0.15, 0.2) is 9.84 Å². The molecular formula is C11H15Cl2NO2S. The second-order valence-electron chi connectivity index (χ2n) is 3.87. The average Bonchev–Trinajstić information content (AvgIpc) is 2.23. The van der Waals surface area contributed by atoms with Crippen LogP contribution in [0.3, 0.4) is 0 Å². The molecule has 0 radical (unpaired) electrons. The minimum absolute atomic E-state index is 0.101. The van der Waals surface area contributed by atoms with E-state index >= 15 is 0 Å². The van der Waals surface area contributed by atoms with Crippen LogP contribution in [0.1, 0.15) is 13.8 Å². The van der Waals surface area contributed by atoms with Gasteiger partial charge in [0.05, 0.1) is 15.8 Å². The lowest BCUT2D eigenvalue weighted by molar-refractivity contribution is 0.593. The second-order valence-corrected chi connectivity index (χ2v) is 7.09. The third-order valence-corrected chi connectivity index (χ3v) is 4.90. The highest BCUT2D eigenvalue weighted by molar-refractivity contribution is 7.91. The molecule has 0 heterocycles. The first-order valence-electron chi connectivity index (χ1n) is 5.26. The van der Waals surface area contributed by atoms with Gasteiger partial charge in [-0.05, 0) is 25.1 Å². The third-order valence-electron chi connectivity index (χ3n) is 2.28. The van der Waals surface area contributed by atoms with Crippen molar-refractivity contribution in [3.63, 3.8) is 0 Å². The SMILES string of the molecule is CCS(=O)(=O)CC(C)Nc1ccc(Cl)c(Cl)c1. The highest BCUT2D eigenvalue weighted by Crippen LogP contribution is 2.25. The van der Waals surface area contributed by atoms with Crippen molar-refractivity contribution in [3.05, 3.63) is 28.2 Å². The van der Waals surface area contributed by atoms with E-state index in [1.807, 2.05) is 6.92 Å². The van der Waals surface area contributed by atoms with Crippen molar-refractivity contribution in [2.45, 2.75) is 19.9 Å². The van der Waals surface area contributed by atoms with Gasteiger partial charge in [-0.3, -0.25) is 0 Å². The summed E-state index contributed by atoms with van der Waals surface area (Å²) in [6.45, 7) is 3.46. The molecule has 0 aliphatic carbocycles. The Hall–Kier alpha value is -0.450. The Kier molecular flexibility index (Phi) is 5.10. The van der Waals surface area contributed by atoms with E-state index in [9.17, 15) is 8.42 Å². The summed E-state index contributed by atoms with van der Waals surface area (Å²) in [5.74, 6) is 0.254. The molecule has 0 aliphatic heterocycles. The van der Waals surface area contributed by atoms with E-state index in [0.717, 1.165) is 5.69 Å². The van der Waals surface area contributed by atoms with Crippen LogP contribution in [-0.4, -0.2) is 26.0 Å². The molecule has 1 rings (SSSR count). The first kappa shape index (κ1) is 14.6. The minimum Gasteiger partial charge on any atom is -0.382 e. The number of sulfone groups is 1. The van der Waals surface area contributed by atoms with Gasteiger partial charge in [0.1, 0.15) is 0 Å². The molecule has 0 aliphatic rings. The largest absolute Gasteiger partial charge is 0.382 e. The van der Waals surface area contributed by atoms with E-state index in [1.54, 1.807) is 25.1 Å². The normalized spacial score (nSPS) is 13.4. The quantitative estimate of drug-likeness (QED) is 0.907. The number of rotatable bonds is 5. The van der Waals surface area contributed by atoms with Crippen molar-refractivity contribution >= 4 is 38.7 Å². The van der Waals surface area contributed by atoms with E-state index in [4.69, 9.17) is 23.2 Å². The fourth-order valence-corrected chi connectivity index (χ4v) is 2.79. The molecule has 17 heavy (non-hydrogen) atoms. The molecule has 0 saturated carbocycles. The molecular weight excluding hydrogens is 281 g/mol. The van der Waals surface area contributed by atoms with Gasteiger partial charge in [-0.25, -0.2) is 8.42 Å². The standard InChI is InChI=1S/C11H15Cl2NO2S/c1-3-17(15,16)7-8(2)14-9-4-5-10(12)11(13)6-9/h4-6,8,14H,3,7H2,1-2H3. The van der Waals surface area contributed by atoms with E-state index in [0.29, 0.717) is 10.0 Å². The molecule has 1 atom stereocenters. The first-order valence-corrected chi connectivity index (χ1v) is 7.84. The monoisotopic (exact) mass is 295 g/mol. The summed E-state index contributed by atoms with van der Waals surface area (Å²) in [4.78, 5) is 0. The van der Waals surface area contributed by atoms with Gasteiger partial charge in [-0.15, -0.1) is 0 Å². The lowest BCUT2D eigenvalue weighted by Crippen LogP contribution is -2.26. The minimum atomic E-state index is -2.98. The molecule has 6 heteroatoms. The smallest absolute Gasteiger partial charge is 0.152 e. The number of nitrogens with one attached hydrogen (secondary N) is 1. The molecule has 3 nitrogen and oxygen atoms in total. The Balaban J connectivity index is 2.68. The van der Waals surface area contributed by atoms with Crippen LogP contribution in [0.25, 0.3) is 0 Å². The highest BCUT2D eigenvalue weighted by atomic mass is 35.5. The lowest BCUT2D eigenvalue weighted by atomic mass is 10.3. The Bertz CT molecular complexity index is 488. The number of hydrogen-bond donors (Lipinski definition) is 1. The summed E-state index contributed by atoms with van der Waals surface area (Å²) in [6.07, 6.45) is 0. The molecule has 1 aromatic rings. The maximum atomic E-state index is 11.4. The van der Waals surface area contributed by atoms with Gasteiger partial charge in [0.2, 0.25) is 0 Å². The molecule has 96 valence electrons. The maximum Gasteiger partial charge on any atom is 0.152 e. The van der Waals surface area contributed by atoms with Crippen molar-refractivity contribution in [1.82, 2.24) is 0 Å². The summed E-state index contributed by atoms with van der Waals surface area (Å²) in [7, 11) is -2.98. The third kappa shape index (κ3) is 4.74. The topological polar surface area (TPSA) is 46.2 Å². The predicted octanol–water partition coefficient (Wildman–Crippen LogP) is 3.23. The molecule has 0 saturated heterocycles. The molecule has 0 amide bonds. The zero-order chi connectivity index (χ0) is 13.1. The molecule has 0 fully saturated rings. The van der Waals surface area contributed by atoms with Crippen LogP contribution >= 0.6 is 23.2 Å². The highest BCUT2D eigenvalue weighted by Gasteiger charge is 2.13. The Morgan fingerprint density at radius 1 is 1.29 bits per heavy atom. The van der Waals surface area contributed by atoms with Crippen molar-refractivity contribution in [3.8, 4) is 0 Å². The maximum absolute atomic E-state index is 11.4. The van der Waals surface area contributed by atoms with Crippen LogP contribution < -0.4 is 5.32 Å². The first-order chi connectivity index (χ1) is 7.84. The van der Waals surface area contributed by atoms with E-state index in [1.165, 1.54) is 0 Å². The Labute approximate surface area is 112 Å². The fourth-order valence-electron chi connectivity index (χ4n) is 1.41. The van der Waals surface area contributed by atoms with Crippen LogP contribution in [-0.2, 0) is 9.84 Å². The van der Waals surface area contributed by atoms with Crippen LogP contribution in [0, 0.1) is 0 Å². The average molecular weight is 296 g/mol. The number of anilines is 1. The van der Waals surface area contributed by atoms with Crippen molar-refractivity contribution < 1.29 is 8.42 Å². The van der Waals surface area contributed by atoms with Crippen molar-refractivity contribution in [2.24, 2.45) is 0 Å². The molecule has 1 N–H and O–H groups in total. The molecule has 0 aromatic heterocycles. The van der Waals surface area contributed by atoms with Crippen LogP contribution in [0.15, 0.2) is 18.2 Å². The fraction of sp³-hybridized carbons (Fsp3) is 0.455.